The first-order valence-corrected chi connectivity index (χ1v) is 6.95. The van der Waals surface area contributed by atoms with E-state index < -0.39 is 0 Å². The van der Waals surface area contributed by atoms with Crippen LogP contribution in [-0.2, 0) is 6.42 Å². The fraction of sp³-hybridized carbons (Fsp3) is 0.294. The van der Waals surface area contributed by atoms with Crippen LogP contribution in [0.1, 0.15) is 31.7 Å². The Morgan fingerprint density at radius 3 is 2.30 bits per heavy atom. The van der Waals surface area contributed by atoms with Crippen molar-refractivity contribution in [3.8, 4) is 11.1 Å². The van der Waals surface area contributed by atoms with Crippen LogP contribution in [0.5, 0.6) is 0 Å². The van der Waals surface area contributed by atoms with Gasteiger partial charge in [0.25, 0.3) is 0 Å². The zero-order valence-corrected chi connectivity index (χ0v) is 11.6. The second kappa shape index (κ2) is 6.51. The van der Waals surface area contributed by atoms with Crippen molar-refractivity contribution in [3.05, 3.63) is 53.6 Å². The normalized spacial score (nSPS) is 10.8. The number of hydrogen-bond donors (Lipinski definition) is 1. The van der Waals surface area contributed by atoms with E-state index in [1.807, 2.05) is 0 Å². The monoisotopic (exact) mass is 275 g/mol. The van der Waals surface area contributed by atoms with Gasteiger partial charge in [-0.1, -0.05) is 31.9 Å². The molecule has 0 heterocycles. The lowest BCUT2D eigenvalue weighted by Crippen LogP contribution is -1.96. The maximum atomic E-state index is 14.1. The Labute approximate surface area is 118 Å². The summed E-state index contributed by atoms with van der Waals surface area (Å²) in [5.74, 6) is -0.725. The van der Waals surface area contributed by atoms with Gasteiger partial charge in [0.05, 0.1) is 0 Å². The molecule has 0 atom stereocenters. The summed E-state index contributed by atoms with van der Waals surface area (Å²) < 4.78 is 28.2. The summed E-state index contributed by atoms with van der Waals surface area (Å²) in [5, 5.41) is 0. The topological polar surface area (TPSA) is 26.0 Å². The number of halogens is 2. The fourth-order valence-electron chi connectivity index (χ4n) is 2.23. The van der Waals surface area contributed by atoms with Crippen LogP contribution in [0.3, 0.4) is 0 Å². The van der Waals surface area contributed by atoms with Gasteiger partial charge in [-0.05, 0) is 48.2 Å². The molecular weight excluding hydrogens is 256 g/mol. The molecule has 0 fully saturated rings. The maximum absolute atomic E-state index is 14.1. The smallest absolute Gasteiger partial charge is 0.131 e. The van der Waals surface area contributed by atoms with Gasteiger partial charge in [0.1, 0.15) is 11.6 Å². The number of rotatable bonds is 5. The molecule has 0 aliphatic carbocycles. The third kappa shape index (κ3) is 3.35. The SMILES string of the molecule is CCCCCc1cc(F)c(-c2ccc(N)cc2)cc1F. The third-order valence-electron chi connectivity index (χ3n) is 3.41. The molecule has 0 saturated carbocycles. The van der Waals surface area contributed by atoms with Crippen LogP contribution in [0.15, 0.2) is 36.4 Å². The number of hydrogen-bond acceptors (Lipinski definition) is 1. The summed E-state index contributed by atoms with van der Waals surface area (Å²) >= 11 is 0. The van der Waals surface area contributed by atoms with Gasteiger partial charge >= 0.3 is 0 Å². The van der Waals surface area contributed by atoms with E-state index in [0.717, 1.165) is 19.3 Å². The van der Waals surface area contributed by atoms with Crippen molar-refractivity contribution in [2.75, 3.05) is 5.73 Å². The average Bonchev–Trinajstić information content (AvgIpc) is 2.43. The van der Waals surface area contributed by atoms with E-state index in [2.05, 4.69) is 6.92 Å². The van der Waals surface area contributed by atoms with Gasteiger partial charge in [-0.2, -0.15) is 0 Å². The number of nitrogens with two attached hydrogens (primary N) is 1. The van der Waals surface area contributed by atoms with E-state index in [-0.39, 0.29) is 17.2 Å². The zero-order valence-electron chi connectivity index (χ0n) is 11.6. The predicted molar refractivity (Wildman–Crippen MR) is 79.4 cm³/mol. The highest BCUT2D eigenvalue weighted by Gasteiger charge is 2.11. The Balaban J connectivity index is 2.28. The molecule has 0 unspecified atom stereocenters. The number of aryl methyl sites for hydroxylation is 1. The van der Waals surface area contributed by atoms with Crippen LogP contribution in [0, 0.1) is 11.6 Å². The van der Waals surface area contributed by atoms with Crippen LogP contribution in [0.4, 0.5) is 14.5 Å². The molecule has 2 aromatic rings. The summed E-state index contributed by atoms with van der Waals surface area (Å²) in [6.07, 6.45) is 3.56. The first-order valence-electron chi connectivity index (χ1n) is 6.95. The Morgan fingerprint density at radius 1 is 0.950 bits per heavy atom. The molecule has 0 aliphatic rings. The van der Waals surface area contributed by atoms with Gasteiger partial charge in [-0.25, -0.2) is 8.78 Å². The lowest BCUT2D eigenvalue weighted by molar-refractivity contribution is 0.579. The van der Waals surface area contributed by atoms with Crippen molar-refractivity contribution < 1.29 is 8.78 Å². The Hall–Kier alpha value is -1.90. The highest BCUT2D eigenvalue weighted by atomic mass is 19.1. The van der Waals surface area contributed by atoms with Crippen LogP contribution in [0.2, 0.25) is 0 Å². The largest absolute Gasteiger partial charge is 0.399 e. The summed E-state index contributed by atoms with van der Waals surface area (Å²) in [6.45, 7) is 2.08. The highest BCUT2D eigenvalue weighted by molar-refractivity contribution is 5.66. The highest BCUT2D eigenvalue weighted by Crippen LogP contribution is 2.27. The lowest BCUT2D eigenvalue weighted by atomic mass is 9.99. The number of benzene rings is 2. The molecule has 0 saturated heterocycles. The maximum Gasteiger partial charge on any atom is 0.131 e. The molecule has 0 radical (unpaired) electrons. The number of anilines is 1. The molecular formula is C17H19F2N. The first kappa shape index (κ1) is 14.5. The van der Waals surface area contributed by atoms with Crippen LogP contribution < -0.4 is 5.73 Å². The Kier molecular flexibility index (Phi) is 4.72. The van der Waals surface area contributed by atoms with E-state index in [1.54, 1.807) is 24.3 Å². The quantitative estimate of drug-likeness (QED) is 0.606. The second-order valence-corrected chi connectivity index (χ2v) is 5.00. The van der Waals surface area contributed by atoms with Gasteiger partial charge in [0.2, 0.25) is 0 Å². The Morgan fingerprint density at radius 2 is 1.65 bits per heavy atom. The van der Waals surface area contributed by atoms with Gasteiger partial charge in [0, 0.05) is 11.3 Å². The van der Waals surface area contributed by atoms with Gasteiger partial charge in [0.15, 0.2) is 0 Å². The van der Waals surface area contributed by atoms with Gasteiger partial charge < -0.3 is 5.73 Å². The summed E-state index contributed by atoms with van der Waals surface area (Å²) in [4.78, 5) is 0. The number of unbranched alkanes of at least 4 members (excludes halogenated alkanes) is 2. The van der Waals surface area contributed by atoms with Crippen molar-refractivity contribution in [3.63, 3.8) is 0 Å². The molecule has 2 N–H and O–H groups in total. The van der Waals surface area contributed by atoms with E-state index in [4.69, 9.17) is 5.73 Å². The summed E-state index contributed by atoms with van der Waals surface area (Å²) in [6, 6.07) is 9.36. The minimum atomic E-state index is -0.386. The van der Waals surface area contributed by atoms with E-state index >= 15 is 0 Å². The molecule has 2 aromatic carbocycles. The molecule has 106 valence electrons. The molecule has 0 aromatic heterocycles. The third-order valence-corrected chi connectivity index (χ3v) is 3.41. The van der Waals surface area contributed by atoms with E-state index in [1.165, 1.54) is 12.1 Å². The average molecular weight is 275 g/mol. The molecule has 3 heteroatoms. The standard InChI is InChI=1S/C17H19F2N/c1-2-3-4-5-13-10-17(19)15(11-16(13)18)12-6-8-14(20)9-7-12/h6-11H,2-5,20H2,1H3. The zero-order chi connectivity index (χ0) is 14.5. The Bertz CT molecular complexity index is 576. The van der Waals surface area contributed by atoms with Gasteiger partial charge in [-0.15, -0.1) is 0 Å². The van der Waals surface area contributed by atoms with Crippen molar-refractivity contribution >= 4 is 5.69 Å². The van der Waals surface area contributed by atoms with Crippen LogP contribution in [0.25, 0.3) is 11.1 Å². The van der Waals surface area contributed by atoms with Gasteiger partial charge in [-0.3, -0.25) is 0 Å². The summed E-state index contributed by atoms with van der Waals surface area (Å²) in [5.41, 5.74) is 7.57. The molecule has 2 rings (SSSR count). The van der Waals surface area contributed by atoms with Crippen LogP contribution in [-0.4, -0.2) is 0 Å². The first-order chi connectivity index (χ1) is 9.61. The van der Waals surface area contributed by atoms with Crippen molar-refractivity contribution in [2.24, 2.45) is 0 Å². The molecule has 0 aliphatic heterocycles. The summed E-state index contributed by atoms with van der Waals surface area (Å²) in [7, 11) is 0. The molecule has 1 nitrogen and oxygen atoms in total. The molecule has 20 heavy (non-hydrogen) atoms. The minimum Gasteiger partial charge on any atom is -0.399 e. The predicted octanol–water partition coefficient (Wildman–Crippen LogP) is 4.95. The number of nitrogen functional groups attached to an aromatic ring is 1. The second-order valence-electron chi connectivity index (χ2n) is 5.00. The van der Waals surface area contributed by atoms with E-state index in [9.17, 15) is 8.78 Å². The van der Waals surface area contributed by atoms with Crippen molar-refractivity contribution in [1.29, 1.82) is 0 Å². The molecule has 0 amide bonds. The molecule has 0 bridgehead atoms. The molecule has 0 spiro atoms. The minimum absolute atomic E-state index is 0.279. The van der Waals surface area contributed by atoms with Crippen molar-refractivity contribution in [2.45, 2.75) is 32.6 Å². The van der Waals surface area contributed by atoms with Crippen LogP contribution >= 0.6 is 0 Å². The lowest BCUT2D eigenvalue weighted by Gasteiger charge is -2.08. The fourth-order valence-corrected chi connectivity index (χ4v) is 2.23. The van der Waals surface area contributed by atoms with E-state index in [0.29, 0.717) is 23.2 Å². The van der Waals surface area contributed by atoms with Crippen molar-refractivity contribution in [1.82, 2.24) is 0 Å².